The Balaban J connectivity index is 2.26. The number of unbranched alkanes of at least 4 members (excludes halogenated alkanes) is 33. The van der Waals surface area contributed by atoms with E-state index in [1.165, 1.54) is 167 Å². The summed E-state index contributed by atoms with van der Waals surface area (Å²) in [4.78, 5) is 12.9. The molecule has 6 unspecified atom stereocenters. The lowest BCUT2D eigenvalue weighted by Crippen LogP contribution is -2.60. The number of carbonyl (C=O) groups is 1. The first kappa shape index (κ1) is 61.9. The van der Waals surface area contributed by atoms with Crippen LogP contribution in [0.4, 0.5) is 0 Å². The van der Waals surface area contributed by atoms with Crippen molar-refractivity contribution in [3.63, 3.8) is 0 Å². The first-order valence-corrected chi connectivity index (χ1v) is 28.3. The third kappa shape index (κ3) is 37.4. The molecule has 0 aliphatic carbocycles. The second-order valence-corrected chi connectivity index (χ2v) is 19.9. The first-order valence-electron chi connectivity index (χ1n) is 26.9. The van der Waals surface area contributed by atoms with Crippen LogP contribution in [0, 0.1) is 0 Å². The van der Waals surface area contributed by atoms with Crippen molar-refractivity contribution in [1.29, 1.82) is 0 Å². The molecule has 1 rings (SSSR count). The van der Waals surface area contributed by atoms with Gasteiger partial charge in [0.2, 0.25) is 0 Å². The van der Waals surface area contributed by atoms with Gasteiger partial charge < -0.3 is 34.3 Å². The third-order valence-electron chi connectivity index (χ3n) is 12.6. The highest BCUT2D eigenvalue weighted by molar-refractivity contribution is 7.80. The van der Waals surface area contributed by atoms with Gasteiger partial charge in [0.05, 0.1) is 19.8 Å². The lowest BCUT2D eigenvalue weighted by atomic mass is 9.99. The number of hydrogen-bond acceptors (Lipinski definition) is 11. The van der Waals surface area contributed by atoms with Crippen LogP contribution in [0.25, 0.3) is 0 Å². The number of aliphatic hydroxyl groups is 3. The quantitative estimate of drug-likeness (QED) is 0.0197. The van der Waals surface area contributed by atoms with Crippen molar-refractivity contribution in [3.8, 4) is 0 Å². The summed E-state index contributed by atoms with van der Waals surface area (Å²) in [5, 5.41) is 30.7. The maximum Gasteiger partial charge on any atom is 0.397 e. The Morgan fingerprint density at radius 3 is 1.40 bits per heavy atom. The number of carbonyl (C=O) groups excluding carboxylic acids is 1. The number of aliphatic hydroxyl groups excluding tert-OH is 3. The van der Waals surface area contributed by atoms with Gasteiger partial charge in [-0.2, -0.15) is 8.42 Å². The molecule has 65 heavy (non-hydrogen) atoms. The molecule has 1 fully saturated rings. The normalized spacial score (nSPS) is 19.6. The fourth-order valence-corrected chi connectivity index (χ4v) is 9.06. The zero-order valence-corrected chi connectivity index (χ0v) is 42.4. The lowest BCUT2D eigenvalue weighted by molar-refractivity contribution is -0.301. The van der Waals surface area contributed by atoms with Crippen LogP contribution in [0.1, 0.15) is 251 Å². The van der Waals surface area contributed by atoms with Gasteiger partial charge in [0.1, 0.15) is 30.5 Å². The maximum absolute atomic E-state index is 12.9. The summed E-state index contributed by atoms with van der Waals surface area (Å²) in [6.45, 7) is 4.01. The molecule has 386 valence electrons. The van der Waals surface area contributed by atoms with Crippen LogP contribution in [-0.2, 0) is 38.3 Å². The fourth-order valence-electron chi connectivity index (χ4n) is 8.55. The Kier molecular flexibility index (Phi) is 41.9. The van der Waals surface area contributed by atoms with E-state index < -0.39 is 59.8 Å². The lowest BCUT2D eigenvalue weighted by Gasteiger charge is -2.41. The molecule has 0 bridgehead atoms. The fraction of sp³-hybridized carbons (Fsp3) is 0.942. The van der Waals surface area contributed by atoms with E-state index in [2.05, 4.69) is 30.2 Å². The maximum atomic E-state index is 12.9. The van der Waals surface area contributed by atoms with Crippen LogP contribution in [0.2, 0.25) is 0 Å². The zero-order chi connectivity index (χ0) is 47.5. The van der Waals surface area contributed by atoms with E-state index in [0.29, 0.717) is 13.0 Å². The van der Waals surface area contributed by atoms with Crippen LogP contribution >= 0.6 is 0 Å². The second-order valence-electron chi connectivity index (χ2n) is 18.8. The van der Waals surface area contributed by atoms with Gasteiger partial charge in [-0.05, 0) is 38.5 Å². The standard InChI is InChI=1S/C52H100O12S/c1-3-5-7-9-11-13-15-17-18-19-20-21-22-23-24-25-26-27-28-30-32-34-36-38-40-42-60-44-46(45-61-52-50(56)51(64-65(57,58)59)49(55)47(43-53)63-52)62-48(54)41-39-37-35-33-31-29-16-14-12-10-8-6-4-2/h14,16,46-47,49-53,55-56H,3-13,15,17-45H2,1-2H3,(H,57,58,59)/b16-14-. The minimum absolute atomic E-state index is 0.0388. The minimum Gasteiger partial charge on any atom is -0.457 e. The predicted molar refractivity (Wildman–Crippen MR) is 262 cm³/mol. The Morgan fingerprint density at radius 1 is 0.569 bits per heavy atom. The van der Waals surface area contributed by atoms with Gasteiger partial charge in [-0.1, -0.05) is 219 Å². The topological polar surface area (TPSA) is 178 Å². The molecule has 0 spiro atoms. The smallest absolute Gasteiger partial charge is 0.397 e. The summed E-state index contributed by atoms with van der Waals surface area (Å²) in [6.07, 6.45) is 41.2. The van der Waals surface area contributed by atoms with Crippen molar-refractivity contribution < 1.29 is 56.2 Å². The number of rotatable bonds is 48. The Hall–Kier alpha value is -1.16. The van der Waals surface area contributed by atoms with E-state index in [-0.39, 0.29) is 19.6 Å². The van der Waals surface area contributed by atoms with Crippen LogP contribution in [-0.4, -0.2) is 97.5 Å². The summed E-state index contributed by atoms with van der Waals surface area (Å²) < 4.78 is 59.2. The van der Waals surface area contributed by atoms with Crippen LogP contribution in [0.15, 0.2) is 12.2 Å². The van der Waals surface area contributed by atoms with E-state index >= 15 is 0 Å². The van der Waals surface area contributed by atoms with Gasteiger partial charge in [0.15, 0.2) is 6.29 Å². The summed E-state index contributed by atoms with van der Waals surface area (Å²) in [5.41, 5.74) is 0. The summed E-state index contributed by atoms with van der Waals surface area (Å²) in [7, 11) is -5.06. The SMILES string of the molecule is CCCCCC/C=C\CCCCCCCC(=O)OC(COCCCCCCCCCCCCCCCCCCCCCCCCCCC)COC1OC(CO)C(O)C(OS(=O)(=O)O)C1O. The highest BCUT2D eigenvalue weighted by Crippen LogP contribution is 2.26. The molecule has 12 nitrogen and oxygen atoms in total. The Bertz CT molecular complexity index is 1190. The third-order valence-corrected chi connectivity index (χ3v) is 13.1. The molecule has 0 aromatic rings. The highest BCUT2D eigenvalue weighted by atomic mass is 32.3. The van der Waals surface area contributed by atoms with Gasteiger partial charge >= 0.3 is 16.4 Å². The summed E-state index contributed by atoms with van der Waals surface area (Å²) >= 11 is 0. The van der Waals surface area contributed by atoms with Gasteiger partial charge in [-0.15, -0.1) is 0 Å². The van der Waals surface area contributed by atoms with Gasteiger partial charge in [0, 0.05) is 13.0 Å². The summed E-state index contributed by atoms with van der Waals surface area (Å²) in [6, 6.07) is 0. The van der Waals surface area contributed by atoms with Crippen LogP contribution in [0.5, 0.6) is 0 Å². The molecule has 4 N–H and O–H groups in total. The van der Waals surface area contributed by atoms with E-state index in [4.69, 9.17) is 18.9 Å². The molecule has 0 saturated carbocycles. The average molecular weight is 949 g/mol. The molecule has 0 aromatic heterocycles. The number of ether oxygens (including phenoxy) is 4. The number of allylic oxidation sites excluding steroid dienone is 2. The zero-order valence-electron chi connectivity index (χ0n) is 41.6. The average Bonchev–Trinajstić information content (AvgIpc) is 3.28. The molecule has 0 amide bonds. The molecule has 1 saturated heterocycles. The Labute approximate surface area is 398 Å². The molecule has 6 atom stereocenters. The van der Waals surface area contributed by atoms with Crippen LogP contribution < -0.4 is 0 Å². The van der Waals surface area contributed by atoms with E-state index in [1.807, 2.05) is 0 Å². The largest absolute Gasteiger partial charge is 0.457 e. The molecule has 1 aliphatic rings. The molecule has 1 aliphatic heterocycles. The van der Waals surface area contributed by atoms with Crippen molar-refractivity contribution in [2.45, 2.75) is 288 Å². The van der Waals surface area contributed by atoms with E-state index in [0.717, 1.165) is 57.8 Å². The van der Waals surface area contributed by atoms with Crippen molar-refractivity contribution in [2.75, 3.05) is 26.4 Å². The minimum atomic E-state index is -5.06. The molecule has 13 heteroatoms. The second kappa shape index (κ2) is 44.1. The number of hydrogen-bond donors (Lipinski definition) is 4. The predicted octanol–water partition coefficient (Wildman–Crippen LogP) is 12.6. The van der Waals surface area contributed by atoms with E-state index in [9.17, 15) is 33.1 Å². The molecular weight excluding hydrogens is 849 g/mol. The molecular formula is C52H100O12S. The van der Waals surface area contributed by atoms with Crippen molar-refractivity contribution in [3.05, 3.63) is 12.2 Å². The van der Waals surface area contributed by atoms with Gasteiger partial charge in [0.25, 0.3) is 0 Å². The van der Waals surface area contributed by atoms with Crippen LogP contribution in [0.3, 0.4) is 0 Å². The van der Waals surface area contributed by atoms with Gasteiger partial charge in [-0.3, -0.25) is 9.35 Å². The Morgan fingerprint density at radius 2 is 0.969 bits per heavy atom. The summed E-state index contributed by atoms with van der Waals surface area (Å²) in [5.74, 6) is -0.403. The monoisotopic (exact) mass is 949 g/mol. The molecule has 1 heterocycles. The molecule has 0 aromatic carbocycles. The van der Waals surface area contributed by atoms with Gasteiger partial charge in [-0.25, -0.2) is 4.18 Å². The number of esters is 1. The first-order chi connectivity index (χ1) is 31.6. The van der Waals surface area contributed by atoms with Crippen molar-refractivity contribution >= 4 is 16.4 Å². The van der Waals surface area contributed by atoms with Crippen molar-refractivity contribution in [1.82, 2.24) is 0 Å². The van der Waals surface area contributed by atoms with E-state index in [1.54, 1.807) is 0 Å². The van der Waals surface area contributed by atoms with Crippen molar-refractivity contribution in [2.24, 2.45) is 0 Å². The highest BCUT2D eigenvalue weighted by Gasteiger charge is 2.48. The molecule has 0 radical (unpaired) electrons.